The van der Waals surface area contributed by atoms with Gasteiger partial charge in [-0.05, 0) is 56.2 Å². The Hall–Kier alpha value is -3.94. The van der Waals surface area contributed by atoms with E-state index in [9.17, 15) is 9.18 Å². The fourth-order valence-electron chi connectivity index (χ4n) is 4.16. The van der Waals surface area contributed by atoms with Crippen LogP contribution in [0.5, 0.6) is 0 Å². The van der Waals surface area contributed by atoms with Gasteiger partial charge in [0, 0.05) is 43.0 Å². The van der Waals surface area contributed by atoms with E-state index < -0.39 is 0 Å². The lowest BCUT2D eigenvalue weighted by atomic mass is 9.90. The van der Waals surface area contributed by atoms with Crippen molar-refractivity contribution in [3.63, 3.8) is 0 Å². The quantitative estimate of drug-likeness (QED) is 0.456. The summed E-state index contributed by atoms with van der Waals surface area (Å²) in [7, 11) is 0. The molecule has 1 unspecified atom stereocenters. The Kier molecular flexibility index (Phi) is 5.64. The van der Waals surface area contributed by atoms with E-state index in [1.54, 1.807) is 17.3 Å². The lowest BCUT2D eigenvalue weighted by Gasteiger charge is -2.33. The molecule has 0 spiro atoms. The van der Waals surface area contributed by atoms with Gasteiger partial charge < -0.3 is 9.42 Å². The average Bonchev–Trinajstić information content (AvgIpc) is 3.30. The minimum atomic E-state index is -0.363. The van der Waals surface area contributed by atoms with Crippen LogP contribution in [0.3, 0.4) is 0 Å². The van der Waals surface area contributed by atoms with Crippen LogP contribution in [0, 0.1) is 12.7 Å². The van der Waals surface area contributed by atoms with Gasteiger partial charge in [-0.2, -0.15) is 0 Å². The van der Waals surface area contributed by atoms with Crippen molar-refractivity contribution in [2.45, 2.75) is 25.7 Å². The molecule has 4 aromatic rings. The van der Waals surface area contributed by atoms with Crippen LogP contribution in [0.1, 0.15) is 40.5 Å². The summed E-state index contributed by atoms with van der Waals surface area (Å²) in [5.41, 5.74) is 3.48. The van der Waals surface area contributed by atoms with Crippen molar-refractivity contribution >= 4 is 5.91 Å². The summed E-state index contributed by atoms with van der Waals surface area (Å²) in [4.78, 5) is 28.7. The zero-order valence-electron chi connectivity index (χ0n) is 18.1. The fraction of sp³-hybridized carbons (Fsp3) is 0.240. The number of halogens is 1. The zero-order chi connectivity index (χ0) is 22.8. The molecule has 0 radical (unpaired) electrons. The molecule has 4 heterocycles. The summed E-state index contributed by atoms with van der Waals surface area (Å²) >= 11 is 0. The summed E-state index contributed by atoms with van der Waals surface area (Å²) < 4.78 is 18.8. The number of carbonyl (C=O) groups is 1. The van der Waals surface area contributed by atoms with Crippen LogP contribution in [0.2, 0.25) is 0 Å². The third kappa shape index (κ3) is 4.37. The van der Waals surface area contributed by atoms with Gasteiger partial charge in [0.15, 0.2) is 11.6 Å². The second kappa shape index (κ2) is 8.90. The van der Waals surface area contributed by atoms with Crippen molar-refractivity contribution < 1.29 is 13.7 Å². The van der Waals surface area contributed by atoms with Gasteiger partial charge in [-0.15, -0.1) is 0 Å². The van der Waals surface area contributed by atoms with Crippen LogP contribution in [0.25, 0.3) is 22.8 Å². The number of piperidine rings is 1. The van der Waals surface area contributed by atoms with E-state index in [2.05, 4.69) is 15.1 Å². The number of likely N-dealkylation sites (tertiary alicyclic amines) is 1. The van der Waals surface area contributed by atoms with Crippen LogP contribution in [-0.4, -0.2) is 44.0 Å². The van der Waals surface area contributed by atoms with E-state index in [0.717, 1.165) is 29.8 Å². The number of pyridine rings is 1. The fourth-order valence-corrected chi connectivity index (χ4v) is 4.16. The first-order valence-electron chi connectivity index (χ1n) is 10.9. The second-order valence-corrected chi connectivity index (χ2v) is 8.14. The lowest BCUT2D eigenvalue weighted by Crippen LogP contribution is -2.39. The normalized spacial score (nSPS) is 16.1. The van der Waals surface area contributed by atoms with Crippen molar-refractivity contribution in [2.75, 3.05) is 13.1 Å². The monoisotopic (exact) mass is 443 g/mol. The van der Waals surface area contributed by atoms with Gasteiger partial charge >= 0.3 is 0 Å². The summed E-state index contributed by atoms with van der Waals surface area (Å²) in [6.07, 6.45) is 5.14. The molecule has 1 saturated heterocycles. The number of carbonyl (C=O) groups excluding carboxylic acids is 1. The molecule has 3 aromatic heterocycles. The van der Waals surface area contributed by atoms with Crippen molar-refractivity contribution in [1.29, 1.82) is 0 Å². The predicted octanol–water partition coefficient (Wildman–Crippen LogP) is 4.66. The SMILES string of the molecule is Cc1cc(-c2cnc(-c3ccccn3)nc2C2CCCN(C(=O)c3ccc(F)cc3)C2)on1. The lowest BCUT2D eigenvalue weighted by molar-refractivity contribution is 0.0706. The predicted molar refractivity (Wildman–Crippen MR) is 120 cm³/mol. The van der Waals surface area contributed by atoms with Gasteiger partial charge in [0.1, 0.15) is 11.5 Å². The molecule has 1 amide bonds. The minimum absolute atomic E-state index is 0.0194. The van der Waals surface area contributed by atoms with E-state index >= 15 is 0 Å². The molecule has 0 bridgehead atoms. The minimum Gasteiger partial charge on any atom is -0.356 e. The number of nitrogens with zero attached hydrogens (tertiary/aromatic N) is 5. The number of hydrogen-bond donors (Lipinski definition) is 0. The molecular weight excluding hydrogens is 421 g/mol. The summed E-state index contributed by atoms with van der Waals surface area (Å²) in [5, 5.41) is 4.01. The standard InChI is InChI=1S/C25H22FN5O2/c1-16-13-22(33-30-16)20-14-28-24(21-6-2-3-11-27-21)29-23(20)18-5-4-12-31(15-18)25(32)17-7-9-19(26)10-8-17/h2-3,6-11,13-14,18H,4-5,12,15H2,1H3. The summed E-state index contributed by atoms with van der Waals surface area (Å²) in [6.45, 7) is 3.00. The molecule has 5 rings (SSSR count). The van der Waals surface area contributed by atoms with Crippen LogP contribution in [0.4, 0.5) is 4.39 Å². The molecule has 1 atom stereocenters. The van der Waals surface area contributed by atoms with Crippen molar-refractivity contribution in [3.8, 4) is 22.8 Å². The van der Waals surface area contributed by atoms with Gasteiger partial charge in [0.05, 0.1) is 17.0 Å². The Morgan fingerprint density at radius 2 is 2.00 bits per heavy atom. The van der Waals surface area contributed by atoms with Crippen molar-refractivity contribution in [1.82, 2.24) is 25.0 Å². The van der Waals surface area contributed by atoms with Gasteiger partial charge in [-0.25, -0.2) is 14.4 Å². The molecule has 166 valence electrons. The Bertz CT molecular complexity index is 1270. The number of benzene rings is 1. The summed E-state index contributed by atoms with van der Waals surface area (Å²) in [5.74, 6) is 0.618. The maximum absolute atomic E-state index is 13.3. The van der Waals surface area contributed by atoms with Crippen molar-refractivity contribution in [3.05, 3.63) is 83.7 Å². The highest BCUT2D eigenvalue weighted by Gasteiger charge is 2.29. The van der Waals surface area contributed by atoms with E-state index in [-0.39, 0.29) is 17.6 Å². The van der Waals surface area contributed by atoms with E-state index in [4.69, 9.17) is 9.51 Å². The Labute approximate surface area is 190 Å². The second-order valence-electron chi connectivity index (χ2n) is 8.14. The highest BCUT2D eigenvalue weighted by molar-refractivity contribution is 5.94. The average molecular weight is 443 g/mol. The molecule has 7 nitrogen and oxygen atoms in total. The van der Waals surface area contributed by atoms with Gasteiger partial charge in [-0.1, -0.05) is 11.2 Å². The molecule has 1 aromatic carbocycles. The highest BCUT2D eigenvalue weighted by atomic mass is 19.1. The molecule has 1 fully saturated rings. The Morgan fingerprint density at radius 3 is 2.73 bits per heavy atom. The molecule has 0 aliphatic carbocycles. The zero-order valence-corrected chi connectivity index (χ0v) is 18.1. The molecular formula is C25H22FN5O2. The number of amides is 1. The van der Waals surface area contributed by atoms with Crippen LogP contribution in [-0.2, 0) is 0 Å². The molecule has 1 aliphatic rings. The number of aromatic nitrogens is 4. The molecule has 0 saturated carbocycles. The van der Waals surface area contributed by atoms with Crippen LogP contribution >= 0.6 is 0 Å². The van der Waals surface area contributed by atoms with E-state index in [1.807, 2.05) is 31.2 Å². The first-order chi connectivity index (χ1) is 16.1. The van der Waals surface area contributed by atoms with Crippen LogP contribution in [0.15, 0.2) is 65.4 Å². The highest BCUT2D eigenvalue weighted by Crippen LogP contribution is 2.34. The van der Waals surface area contributed by atoms with E-state index in [0.29, 0.717) is 35.9 Å². The molecule has 1 aliphatic heterocycles. The Balaban J connectivity index is 1.50. The summed E-state index contributed by atoms with van der Waals surface area (Å²) in [6, 6.07) is 13.1. The maximum Gasteiger partial charge on any atom is 0.253 e. The molecule has 33 heavy (non-hydrogen) atoms. The smallest absolute Gasteiger partial charge is 0.253 e. The molecule has 0 N–H and O–H groups in total. The topological polar surface area (TPSA) is 85.0 Å². The largest absolute Gasteiger partial charge is 0.356 e. The van der Waals surface area contributed by atoms with E-state index in [1.165, 1.54) is 24.3 Å². The number of rotatable bonds is 4. The third-order valence-corrected chi connectivity index (χ3v) is 5.79. The van der Waals surface area contributed by atoms with Gasteiger partial charge in [-0.3, -0.25) is 9.78 Å². The number of aryl methyl sites for hydroxylation is 1. The van der Waals surface area contributed by atoms with Crippen molar-refractivity contribution in [2.24, 2.45) is 0 Å². The van der Waals surface area contributed by atoms with Gasteiger partial charge in [0.2, 0.25) is 0 Å². The number of hydrogen-bond acceptors (Lipinski definition) is 6. The maximum atomic E-state index is 13.3. The third-order valence-electron chi connectivity index (χ3n) is 5.79. The molecule has 8 heteroatoms. The van der Waals surface area contributed by atoms with Gasteiger partial charge in [0.25, 0.3) is 5.91 Å². The Morgan fingerprint density at radius 1 is 1.15 bits per heavy atom. The van der Waals surface area contributed by atoms with Crippen LogP contribution < -0.4 is 0 Å². The first-order valence-corrected chi connectivity index (χ1v) is 10.9. The first kappa shape index (κ1) is 20.9.